The number of amides is 2. The lowest BCUT2D eigenvalue weighted by Gasteiger charge is -2.37. The second-order valence-corrected chi connectivity index (χ2v) is 8.87. The van der Waals surface area contributed by atoms with Gasteiger partial charge in [0.05, 0.1) is 11.8 Å². The molecule has 1 aliphatic heterocycles. The molecular weight excluding hydrogens is 414 g/mol. The van der Waals surface area contributed by atoms with Crippen LogP contribution in [0.4, 0.5) is 5.69 Å². The Kier molecular flexibility index (Phi) is 6.89. The third kappa shape index (κ3) is 5.68. The standard InChI is InChI=1S/C26H31N5O2/c1-18-13-19(2)15-23(14-18)29-26(33)24(20-7-5-4-6-8-20)31-11-9-22(10-12-31)28-25(32)21-16-27-30(3)17-21/h4-8,13-17,22,24H,9-12H2,1-3H3,(H,28,32)(H,29,33). The first-order valence-electron chi connectivity index (χ1n) is 11.4. The summed E-state index contributed by atoms with van der Waals surface area (Å²) < 4.78 is 1.62. The van der Waals surface area contributed by atoms with Crippen LogP contribution in [-0.4, -0.2) is 45.6 Å². The van der Waals surface area contributed by atoms with Crippen LogP contribution in [0.5, 0.6) is 0 Å². The number of nitrogens with zero attached hydrogens (tertiary/aromatic N) is 3. The molecule has 0 saturated carbocycles. The first-order chi connectivity index (χ1) is 15.9. The molecule has 1 aromatic heterocycles. The molecule has 0 radical (unpaired) electrons. The lowest BCUT2D eigenvalue weighted by atomic mass is 9.98. The molecule has 1 fully saturated rings. The summed E-state index contributed by atoms with van der Waals surface area (Å²) in [4.78, 5) is 28.1. The van der Waals surface area contributed by atoms with Crippen LogP contribution in [0.2, 0.25) is 0 Å². The van der Waals surface area contributed by atoms with Crippen molar-refractivity contribution in [1.29, 1.82) is 0 Å². The number of rotatable bonds is 6. The molecule has 3 aromatic rings. The van der Waals surface area contributed by atoms with Crippen LogP contribution >= 0.6 is 0 Å². The number of benzene rings is 2. The van der Waals surface area contributed by atoms with Crippen LogP contribution in [0.1, 0.15) is 45.9 Å². The topological polar surface area (TPSA) is 79.3 Å². The summed E-state index contributed by atoms with van der Waals surface area (Å²) in [6, 6.07) is 15.7. The highest BCUT2D eigenvalue weighted by Crippen LogP contribution is 2.27. The number of carbonyl (C=O) groups is 2. The van der Waals surface area contributed by atoms with Crippen molar-refractivity contribution in [2.45, 2.75) is 38.8 Å². The minimum Gasteiger partial charge on any atom is -0.349 e. The van der Waals surface area contributed by atoms with E-state index >= 15 is 0 Å². The fourth-order valence-electron chi connectivity index (χ4n) is 4.53. The minimum absolute atomic E-state index is 0.0379. The van der Waals surface area contributed by atoms with E-state index in [4.69, 9.17) is 0 Å². The Morgan fingerprint density at radius 3 is 2.30 bits per heavy atom. The second kappa shape index (κ2) is 10.0. The van der Waals surface area contributed by atoms with Crippen molar-refractivity contribution in [3.8, 4) is 0 Å². The summed E-state index contributed by atoms with van der Waals surface area (Å²) in [7, 11) is 1.79. The number of nitrogens with one attached hydrogen (secondary N) is 2. The molecule has 0 aliphatic carbocycles. The largest absolute Gasteiger partial charge is 0.349 e. The molecule has 2 amide bonds. The average molecular weight is 446 g/mol. The fraction of sp³-hybridized carbons (Fsp3) is 0.346. The van der Waals surface area contributed by atoms with Gasteiger partial charge in [0.2, 0.25) is 5.91 Å². The Morgan fingerprint density at radius 1 is 1.03 bits per heavy atom. The van der Waals surface area contributed by atoms with Crippen LogP contribution in [0.25, 0.3) is 0 Å². The summed E-state index contributed by atoms with van der Waals surface area (Å²) in [6.07, 6.45) is 4.86. The van der Waals surface area contributed by atoms with Gasteiger partial charge in [0, 0.05) is 38.1 Å². The van der Waals surface area contributed by atoms with Crippen molar-refractivity contribution in [2.24, 2.45) is 7.05 Å². The van der Waals surface area contributed by atoms with Gasteiger partial charge in [-0.2, -0.15) is 5.10 Å². The lowest BCUT2D eigenvalue weighted by Crippen LogP contribution is -2.47. The number of hydrogen-bond donors (Lipinski definition) is 2. The van der Waals surface area contributed by atoms with Gasteiger partial charge in [-0.3, -0.25) is 19.2 Å². The summed E-state index contributed by atoms with van der Waals surface area (Å²) in [6.45, 7) is 5.50. The van der Waals surface area contributed by atoms with Crippen molar-refractivity contribution in [2.75, 3.05) is 18.4 Å². The molecular formula is C26H31N5O2. The van der Waals surface area contributed by atoms with E-state index in [1.807, 2.05) is 56.3 Å². The highest BCUT2D eigenvalue weighted by Gasteiger charge is 2.31. The number of carbonyl (C=O) groups excluding carboxylic acids is 2. The van der Waals surface area contributed by atoms with Gasteiger partial charge in [-0.05, 0) is 55.5 Å². The van der Waals surface area contributed by atoms with Gasteiger partial charge in [0.1, 0.15) is 6.04 Å². The molecule has 0 spiro atoms. The summed E-state index contributed by atoms with van der Waals surface area (Å²) in [5, 5.41) is 10.3. The van der Waals surface area contributed by atoms with Gasteiger partial charge in [-0.1, -0.05) is 36.4 Å². The quantitative estimate of drug-likeness (QED) is 0.608. The molecule has 1 unspecified atom stereocenters. The number of piperidine rings is 1. The van der Waals surface area contributed by atoms with E-state index in [1.54, 1.807) is 24.1 Å². The third-order valence-electron chi connectivity index (χ3n) is 6.05. The number of aryl methyl sites for hydroxylation is 3. The predicted octanol–water partition coefficient (Wildman–Crippen LogP) is 3.61. The van der Waals surface area contributed by atoms with Crippen LogP contribution in [-0.2, 0) is 11.8 Å². The zero-order valence-corrected chi connectivity index (χ0v) is 19.4. The average Bonchev–Trinajstić information content (AvgIpc) is 3.22. The van der Waals surface area contributed by atoms with Gasteiger partial charge in [-0.15, -0.1) is 0 Å². The van der Waals surface area contributed by atoms with Crippen molar-refractivity contribution < 1.29 is 9.59 Å². The van der Waals surface area contributed by atoms with Gasteiger partial charge < -0.3 is 10.6 Å². The normalized spacial score (nSPS) is 15.7. The molecule has 2 aromatic carbocycles. The second-order valence-electron chi connectivity index (χ2n) is 8.87. The molecule has 1 aliphatic rings. The van der Waals surface area contributed by atoms with Gasteiger partial charge >= 0.3 is 0 Å². The molecule has 4 rings (SSSR count). The molecule has 2 N–H and O–H groups in total. The Bertz CT molecular complexity index is 1100. The predicted molar refractivity (Wildman–Crippen MR) is 129 cm³/mol. The van der Waals surface area contributed by atoms with Crippen LogP contribution < -0.4 is 10.6 Å². The van der Waals surface area contributed by atoms with E-state index in [2.05, 4.69) is 26.7 Å². The Hall–Kier alpha value is -3.45. The highest BCUT2D eigenvalue weighted by atomic mass is 16.2. The Morgan fingerprint density at radius 2 is 1.70 bits per heavy atom. The van der Waals surface area contributed by atoms with Crippen molar-refractivity contribution in [3.05, 3.63) is 83.2 Å². The van der Waals surface area contributed by atoms with Crippen molar-refractivity contribution in [1.82, 2.24) is 20.0 Å². The lowest BCUT2D eigenvalue weighted by molar-refractivity contribution is -0.122. The van der Waals surface area contributed by atoms with E-state index in [1.165, 1.54) is 0 Å². The van der Waals surface area contributed by atoms with E-state index < -0.39 is 0 Å². The van der Waals surface area contributed by atoms with Crippen molar-refractivity contribution >= 4 is 17.5 Å². The number of hydrogen-bond acceptors (Lipinski definition) is 4. The molecule has 7 heteroatoms. The van der Waals surface area contributed by atoms with Gasteiger partial charge in [0.15, 0.2) is 0 Å². The Balaban J connectivity index is 1.44. The van der Waals surface area contributed by atoms with E-state index in [-0.39, 0.29) is 23.9 Å². The minimum atomic E-state index is -0.387. The summed E-state index contributed by atoms with van der Waals surface area (Å²) in [5.41, 5.74) is 4.59. The SMILES string of the molecule is Cc1cc(C)cc(NC(=O)C(c2ccccc2)N2CCC(NC(=O)c3cnn(C)c3)CC2)c1. The monoisotopic (exact) mass is 445 g/mol. The van der Waals surface area contributed by atoms with E-state index in [0.717, 1.165) is 48.3 Å². The zero-order chi connectivity index (χ0) is 23.4. The molecule has 2 heterocycles. The highest BCUT2D eigenvalue weighted by molar-refractivity contribution is 5.96. The zero-order valence-electron chi connectivity index (χ0n) is 19.4. The van der Waals surface area contributed by atoms with E-state index in [9.17, 15) is 9.59 Å². The smallest absolute Gasteiger partial charge is 0.254 e. The first kappa shape index (κ1) is 22.7. The molecule has 7 nitrogen and oxygen atoms in total. The summed E-state index contributed by atoms with van der Waals surface area (Å²) in [5.74, 6) is -0.141. The first-order valence-corrected chi connectivity index (χ1v) is 11.4. The molecule has 1 saturated heterocycles. The van der Waals surface area contributed by atoms with Crippen LogP contribution in [0, 0.1) is 13.8 Å². The Labute approximate surface area is 194 Å². The maximum absolute atomic E-state index is 13.4. The van der Waals surface area contributed by atoms with Gasteiger partial charge in [-0.25, -0.2) is 0 Å². The number of anilines is 1. The van der Waals surface area contributed by atoms with Crippen LogP contribution in [0.3, 0.4) is 0 Å². The number of aromatic nitrogens is 2. The fourth-order valence-corrected chi connectivity index (χ4v) is 4.53. The van der Waals surface area contributed by atoms with Crippen molar-refractivity contribution in [3.63, 3.8) is 0 Å². The maximum atomic E-state index is 13.4. The third-order valence-corrected chi connectivity index (χ3v) is 6.05. The molecule has 172 valence electrons. The van der Waals surface area contributed by atoms with Crippen LogP contribution in [0.15, 0.2) is 60.9 Å². The molecule has 0 bridgehead atoms. The van der Waals surface area contributed by atoms with Gasteiger partial charge in [0.25, 0.3) is 5.91 Å². The summed E-state index contributed by atoms with van der Waals surface area (Å²) >= 11 is 0. The van der Waals surface area contributed by atoms with E-state index in [0.29, 0.717) is 5.56 Å². The molecule has 33 heavy (non-hydrogen) atoms. The number of likely N-dealkylation sites (tertiary alicyclic amines) is 1. The molecule has 1 atom stereocenters. The maximum Gasteiger partial charge on any atom is 0.254 e.